The molecule has 1 aliphatic heterocycles. The lowest BCUT2D eigenvalue weighted by Crippen LogP contribution is -2.62. The molecule has 0 spiro atoms. The quantitative estimate of drug-likeness (QED) is 0.606. The molecule has 0 radical (unpaired) electrons. The van der Waals surface area contributed by atoms with Gasteiger partial charge in [-0.3, -0.25) is 0 Å². The topological polar surface area (TPSA) is 90.2 Å². The monoisotopic (exact) mass is 396 g/mol. The van der Waals surface area contributed by atoms with Crippen molar-refractivity contribution in [3.63, 3.8) is 0 Å². The fraction of sp³-hybridized carbons (Fsp3) is 0.524. The molecule has 1 aromatic carbocycles. The van der Waals surface area contributed by atoms with Crippen molar-refractivity contribution in [1.82, 2.24) is 0 Å². The van der Waals surface area contributed by atoms with E-state index in [0.29, 0.717) is 12.0 Å². The van der Waals surface area contributed by atoms with E-state index < -0.39 is 43.0 Å². The van der Waals surface area contributed by atoms with Crippen molar-refractivity contribution in [3.8, 4) is 0 Å². The van der Waals surface area contributed by atoms with Crippen molar-refractivity contribution in [2.24, 2.45) is 11.8 Å². The second-order valence-corrected chi connectivity index (χ2v) is 7.53. The van der Waals surface area contributed by atoms with E-state index in [1.54, 1.807) is 12.1 Å². The minimum Gasteiger partial charge on any atom is -0.394 e. The average molecular weight is 396 g/mol. The van der Waals surface area contributed by atoms with Crippen LogP contribution in [0.25, 0.3) is 0 Å². The molecule has 1 heterocycles. The van der Waals surface area contributed by atoms with Gasteiger partial charge in [0.25, 0.3) is 0 Å². The first-order valence-electron chi connectivity index (χ1n) is 9.39. The van der Waals surface area contributed by atoms with Gasteiger partial charge in [0.15, 0.2) is 6.10 Å². The average Bonchev–Trinajstić information content (AvgIpc) is 2.68. The first kappa shape index (κ1) is 21.1. The molecule has 1 fully saturated rings. The van der Waals surface area contributed by atoms with Gasteiger partial charge >= 0.3 is 5.92 Å². The highest BCUT2D eigenvalue weighted by Crippen LogP contribution is 2.41. The molecule has 1 aliphatic carbocycles. The maximum absolute atomic E-state index is 15.4. The smallest absolute Gasteiger partial charge is 0.301 e. The van der Waals surface area contributed by atoms with Gasteiger partial charge in [-0.1, -0.05) is 55.5 Å². The first-order chi connectivity index (χ1) is 13.3. The molecule has 1 unspecified atom stereocenters. The van der Waals surface area contributed by atoms with Crippen molar-refractivity contribution < 1.29 is 33.9 Å². The zero-order chi connectivity index (χ0) is 20.5. The van der Waals surface area contributed by atoms with Crippen LogP contribution in [0.15, 0.2) is 48.6 Å². The van der Waals surface area contributed by atoms with Crippen LogP contribution in [-0.4, -0.2) is 57.6 Å². The van der Waals surface area contributed by atoms with Gasteiger partial charge in [-0.15, -0.1) is 0 Å². The number of hydrogen-bond acceptors (Lipinski definition) is 5. The molecular formula is C21H26F2O5. The van der Waals surface area contributed by atoms with Crippen molar-refractivity contribution in [1.29, 1.82) is 0 Å². The third kappa shape index (κ3) is 3.90. The van der Waals surface area contributed by atoms with Crippen molar-refractivity contribution in [3.05, 3.63) is 59.7 Å². The van der Waals surface area contributed by atoms with Crippen LogP contribution in [0.1, 0.15) is 18.1 Å². The van der Waals surface area contributed by atoms with E-state index in [1.807, 2.05) is 31.2 Å². The summed E-state index contributed by atoms with van der Waals surface area (Å²) in [5, 5.41) is 39.2. The van der Waals surface area contributed by atoms with E-state index in [9.17, 15) is 20.4 Å². The minimum absolute atomic E-state index is 0.0525. The number of aliphatic hydroxyl groups is 4. The molecule has 28 heavy (non-hydrogen) atoms. The lowest BCUT2D eigenvalue weighted by molar-refractivity contribution is -0.284. The normalized spacial score (nSPS) is 35.9. The molecule has 3 rings (SSSR count). The SMILES string of the molecule is C[C@@H]1C=CC=CC1Cc1ccccc1C(F)(F)[C@@H]1O[C@H](CO)[C@@H](O)[C@H](O)[C@H]1O. The fourth-order valence-electron chi connectivity index (χ4n) is 3.85. The van der Waals surface area contributed by atoms with Gasteiger partial charge in [-0.2, -0.15) is 8.78 Å². The molecule has 2 aliphatic rings. The molecule has 0 amide bonds. The minimum atomic E-state index is -3.64. The van der Waals surface area contributed by atoms with E-state index in [1.165, 1.54) is 12.1 Å². The molecule has 5 nitrogen and oxygen atoms in total. The van der Waals surface area contributed by atoms with Gasteiger partial charge in [-0.25, -0.2) is 0 Å². The Hall–Kier alpha value is -1.64. The number of ether oxygens (including phenoxy) is 1. The van der Waals surface area contributed by atoms with E-state index in [0.717, 1.165) is 0 Å². The molecule has 7 atom stereocenters. The highest BCUT2D eigenvalue weighted by atomic mass is 19.3. The standard InChI is InChI=1S/C21H26F2O5/c1-12-6-2-3-7-13(12)10-14-8-4-5-9-15(14)21(22,23)20-19(27)18(26)17(25)16(11-24)28-20/h2-9,12-13,16-20,24-27H,10-11H2,1H3/t12-,13?,16-,17-,18+,19-,20-/m1/s1. The van der Waals surface area contributed by atoms with Gasteiger partial charge < -0.3 is 25.2 Å². The predicted octanol–water partition coefficient (Wildman–Crippen LogP) is 1.54. The van der Waals surface area contributed by atoms with Crippen LogP contribution in [0.3, 0.4) is 0 Å². The van der Waals surface area contributed by atoms with Crippen LogP contribution in [0.4, 0.5) is 8.78 Å². The maximum Gasteiger partial charge on any atom is 0.301 e. The number of hydrogen-bond donors (Lipinski definition) is 4. The summed E-state index contributed by atoms with van der Waals surface area (Å²) in [6.07, 6.45) is -0.809. The van der Waals surface area contributed by atoms with E-state index in [2.05, 4.69) is 0 Å². The summed E-state index contributed by atoms with van der Waals surface area (Å²) >= 11 is 0. The summed E-state index contributed by atoms with van der Waals surface area (Å²) < 4.78 is 36.0. The lowest BCUT2D eigenvalue weighted by Gasteiger charge is -2.43. The van der Waals surface area contributed by atoms with Gasteiger partial charge in [0.1, 0.15) is 24.4 Å². The number of aliphatic hydroxyl groups excluding tert-OH is 4. The summed E-state index contributed by atoms with van der Waals surface area (Å²) in [6, 6.07) is 6.06. The number of benzene rings is 1. The van der Waals surface area contributed by atoms with E-state index in [4.69, 9.17) is 4.74 Å². The summed E-state index contributed by atoms with van der Waals surface area (Å²) in [7, 11) is 0. The van der Waals surface area contributed by atoms with E-state index in [-0.39, 0.29) is 17.4 Å². The van der Waals surface area contributed by atoms with Crippen LogP contribution in [0.5, 0.6) is 0 Å². The first-order valence-corrected chi connectivity index (χ1v) is 9.39. The lowest BCUT2D eigenvalue weighted by atomic mass is 9.81. The summed E-state index contributed by atoms with van der Waals surface area (Å²) in [5.41, 5.74) is 0.121. The number of halogens is 2. The van der Waals surface area contributed by atoms with Gasteiger partial charge in [0.05, 0.1) is 6.61 Å². The molecule has 1 aromatic rings. The molecular weight excluding hydrogens is 370 g/mol. The summed E-state index contributed by atoms with van der Waals surface area (Å²) in [6.45, 7) is 1.26. The number of allylic oxidation sites excluding steroid dienone is 4. The molecule has 0 aromatic heterocycles. The summed E-state index contributed by atoms with van der Waals surface area (Å²) in [5.74, 6) is -3.39. The van der Waals surface area contributed by atoms with Gasteiger partial charge in [0.2, 0.25) is 0 Å². The molecule has 1 saturated heterocycles. The fourth-order valence-corrected chi connectivity index (χ4v) is 3.85. The van der Waals surface area contributed by atoms with Crippen molar-refractivity contribution >= 4 is 0 Å². The Morgan fingerprint density at radius 1 is 1.00 bits per heavy atom. The third-order valence-electron chi connectivity index (χ3n) is 5.64. The van der Waals surface area contributed by atoms with Gasteiger partial charge in [0, 0.05) is 5.56 Å². The van der Waals surface area contributed by atoms with Crippen LogP contribution in [0, 0.1) is 11.8 Å². The van der Waals surface area contributed by atoms with Crippen molar-refractivity contribution in [2.45, 2.75) is 49.8 Å². The highest BCUT2D eigenvalue weighted by Gasteiger charge is 2.55. The second-order valence-electron chi connectivity index (χ2n) is 7.53. The predicted molar refractivity (Wildman–Crippen MR) is 98.7 cm³/mol. The Bertz CT molecular complexity index is 733. The van der Waals surface area contributed by atoms with Crippen LogP contribution in [-0.2, 0) is 17.1 Å². The Morgan fingerprint density at radius 2 is 1.68 bits per heavy atom. The zero-order valence-corrected chi connectivity index (χ0v) is 15.5. The van der Waals surface area contributed by atoms with Crippen LogP contribution in [0.2, 0.25) is 0 Å². The third-order valence-corrected chi connectivity index (χ3v) is 5.64. The van der Waals surface area contributed by atoms with Gasteiger partial charge in [-0.05, 0) is 23.8 Å². The Labute approximate surface area is 162 Å². The Kier molecular flexibility index (Phi) is 6.31. The Morgan fingerprint density at radius 3 is 2.36 bits per heavy atom. The zero-order valence-electron chi connectivity index (χ0n) is 15.5. The molecule has 0 bridgehead atoms. The molecule has 0 saturated carbocycles. The number of alkyl halides is 2. The van der Waals surface area contributed by atoms with E-state index >= 15 is 8.78 Å². The van der Waals surface area contributed by atoms with Crippen LogP contribution >= 0.6 is 0 Å². The number of rotatable bonds is 5. The van der Waals surface area contributed by atoms with Crippen LogP contribution < -0.4 is 0 Å². The molecule has 7 heteroatoms. The summed E-state index contributed by atoms with van der Waals surface area (Å²) in [4.78, 5) is 0. The molecule has 4 N–H and O–H groups in total. The molecule has 154 valence electrons. The second kappa shape index (κ2) is 8.39. The maximum atomic E-state index is 15.4. The Balaban J connectivity index is 1.91. The highest BCUT2D eigenvalue weighted by molar-refractivity contribution is 5.34. The van der Waals surface area contributed by atoms with Crippen molar-refractivity contribution in [2.75, 3.05) is 6.61 Å². The largest absolute Gasteiger partial charge is 0.394 e.